The largest absolute Gasteiger partial charge is 0.339 e. The summed E-state index contributed by atoms with van der Waals surface area (Å²) in [5, 5.41) is 1.30. The van der Waals surface area contributed by atoms with Gasteiger partial charge in [0.25, 0.3) is 0 Å². The van der Waals surface area contributed by atoms with Crippen molar-refractivity contribution in [2.75, 3.05) is 0 Å². The number of para-hydroxylation sites is 1. The van der Waals surface area contributed by atoms with Gasteiger partial charge in [0.2, 0.25) is 0 Å². The van der Waals surface area contributed by atoms with Gasteiger partial charge >= 0.3 is 0 Å². The maximum absolute atomic E-state index is 13.2. The Morgan fingerprint density at radius 3 is 2.65 bits per heavy atom. The molecule has 0 atom stereocenters. The summed E-state index contributed by atoms with van der Waals surface area (Å²) in [4.78, 5) is 0. The standard InChI is InChI=1S/C16H14ClFN2/c17-14-7-11(5-6-15(14)18)10-20-13(9-19)8-12-3-1-2-4-16(12)20/h1-8H,9-10,19H2. The van der Waals surface area contributed by atoms with Crippen LogP contribution in [0.1, 0.15) is 11.3 Å². The minimum absolute atomic E-state index is 0.147. The van der Waals surface area contributed by atoms with Crippen LogP contribution >= 0.6 is 11.6 Å². The van der Waals surface area contributed by atoms with Gasteiger partial charge in [-0.15, -0.1) is 0 Å². The highest BCUT2D eigenvalue weighted by Crippen LogP contribution is 2.23. The zero-order valence-electron chi connectivity index (χ0n) is 10.8. The lowest BCUT2D eigenvalue weighted by molar-refractivity contribution is 0.626. The molecule has 0 unspecified atom stereocenters. The van der Waals surface area contributed by atoms with E-state index >= 15 is 0 Å². The van der Waals surface area contributed by atoms with Crippen molar-refractivity contribution in [1.29, 1.82) is 0 Å². The van der Waals surface area contributed by atoms with E-state index in [1.165, 1.54) is 6.07 Å². The monoisotopic (exact) mass is 288 g/mol. The highest BCUT2D eigenvalue weighted by molar-refractivity contribution is 6.30. The van der Waals surface area contributed by atoms with Gasteiger partial charge in [0.1, 0.15) is 5.82 Å². The molecular weight excluding hydrogens is 275 g/mol. The van der Waals surface area contributed by atoms with Gasteiger partial charge in [0.15, 0.2) is 0 Å². The van der Waals surface area contributed by atoms with Crippen LogP contribution in [0, 0.1) is 5.82 Å². The molecule has 2 aromatic carbocycles. The second kappa shape index (κ2) is 5.27. The Bertz CT molecular complexity index is 764. The van der Waals surface area contributed by atoms with Crippen molar-refractivity contribution in [3.63, 3.8) is 0 Å². The van der Waals surface area contributed by atoms with Crippen LogP contribution in [0.25, 0.3) is 10.9 Å². The molecule has 0 saturated heterocycles. The van der Waals surface area contributed by atoms with Crippen molar-refractivity contribution in [3.8, 4) is 0 Å². The second-order valence-corrected chi connectivity index (χ2v) is 5.14. The van der Waals surface area contributed by atoms with E-state index in [1.807, 2.05) is 12.1 Å². The fourth-order valence-corrected chi connectivity index (χ4v) is 2.65. The van der Waals surface area contributed by atoms with Crippen LogP contribution < -0.4 is 5.73 Å². The lowest BCUT2D eigenvalue weighted by atomic mass is 10.2. The Kier molecular flexibility index (Phi) is 3.47. The molecule has 0 spiro atoms. The van der Waals surface area contributed by atoms with E-state index < -0.39 is 5.82 Å². The molecule has 4 heteroatoms. The summed E-state index contributed by atoms with van der Waals surface area (Å²) in [6.07, 6.45) is 0. The van der Waals surface area contributed by atoms with E-state index in [4.69, 9.17) is 17.3 Å². The van der Waals surface area contributed by atoms with Crippen LogP contribution in [0.2, 0.25) is 5.02 Å². The minimum Gasteiger partial charge on any atom is -0.339 e. The molecule has 102 valence electrons. The predicted molar refractivity (Wildman–Crippen MR) is 80.3 cm³/mol. The molecule has 0 aliphatic heterocycles. The van der Waals surface area contributed by atoms with Gasteiger partial charge in [-0.25, -0.2) is 4.39 Å². The van der Waals surface area contributed by atoms with E-state index in [9.17, 15) is 4.39 Å². The van der Waals surface area contributed by atoms with Crippen LogP contribution in [-0.4, -0.2) is 4.57 Å². The predicted octanol–water partition coefficient (Wildman–Crippen LogP) is 3.94. The quantitative estimate of drug-likeness (QED) is 0.777. The van der Waals surface area contributed by atoms with E-state index in [2.05, 4.69) is 22.8 Å². The maximum Gasteiger partial charge on any atom is 0.141 e. The van der Waals surface area contributed by atoms with Crippen LogP contribution in [0.15, 0.2) is 48.5 Å². The fraction of sp³-hybridized carbons (Fsp3) is 0.125. The zero-order valence-corrected chi connectivity index (χ0v) is 11.6. The van der Waals surface area contributed by atoms with Crippen molar-refractivity contribution in [2.45, 2.75) is 13.1 Å². The van der Waals surface area contributed by atoms with E-state index in [0.29, 0.717) is 13.1 Å². The highest BCUT2D eigenvalue weighted by Gasteiger charge is 2.09. The molecule has 3 aromatic rings. The summed E-state index contributed by atoms with van der Waals surface area (Å²) in [7, 11) is 0. The molecule has 0 amide bonds. The van der Waals surface area contributed by atoms with Crippen LogP contribution in [-0.2, 0) is 13.1 Å². The number of halogens is 2. The molecule has 0 bridgehead atoms. The summed E-state index contributed by atoms with van der Waals surface area (Å²) in [5.41, 5.74) is 8.93. The summed E-state index contributed by atoms with van der Waals surface area (Å²) in [6, 6.07) is 15.0. The summed E-state index contributed by atoms with van der Waals surface area (Å²) in [5.74, 6) is -0.396. The van der Waals surface area contributed by atoms with Gasteiger partial charge in [-0.2, -0.15) is 0 Å². The number of nitrogens with two attached hydrogens (primary N) is 1. The molecular formula is C16H14ClFN2. The Balaban J connectivity index is 2.07. The number of benzene rings is 2. The number of nitrogens with zero attached hydrogens (tertiary/aromatic N) is 1. The summed E-state index contributed by atoms with van der Waals surface area (Å²) in [6.45, 7) is 1.09. The lowest BCUT2D eigenvalue weighted by Gasteiger charge is -2.10. The second-order valence-electron chi connectivity index (χ2n) is 4.73. The zero-order chi connectivity index (χ0) is 14.1. The summed E-state index contributed by atoms with van der Waals surface area (Å²) >= 11 is 5.84. The topological polar surface area (TPSA) is 30.9 Å². The smallest absolute Gasteiger partial charge is 0.141 e. The third-order valence-corrected chi connectivity index (χ3v) is 3.72. The molecule has 1 aromatic heterocycles. The first-order valence-electron chi connectivity index (χ1n) is 6.40. The number of aromatic nitrogens is 1. The van der Waals surface area contributed by atoms with E-state index in [0.717, 1.165) is 22.2 Å². The van der Waals surface area contributed by atoms with E-state index in [1.54, 1.807) is 12.1 Å². The Morgan fingerprint density at radius 2 is 1.90 bits per heavy atom. The van der Waals surface area contributed by atoms with Crippen LogP contribution in [0.5, 0.6) is 0 Å². The van der Waals surface area contributed by atoms with Crippen molar-refractivity contribution in [1.82, 2.24) is 4.57 Å². The highest BCUT2D eigenvalue weighted by atomic mass is 35.5. The molecule has 2 N–H and O–H groups in total. The third-order valence-electron chi connectivity index (χ3n) is 3.43. The first-order chi connectivity index (χ1) is 9.69. The Labute approximate surface area is 121 Å². The maximum atomic E-state index is 13.2. The first kappa shape index (κ1) is 13.2. The molecule has 0 radical (unpaired) electrons. The average molecular weight is 289 g/mol. The van der Waals surface area contributed by atoms with E-state index in [-0.39, 0.29) is 5.02 Å². The van der Waals surface area contributed by atoms with Gasteiger partial charge in [-0.05, 0) is 35.2 Å². The van der Waals surface area contributed by atoms with Crippen LogP contribution in [0.3, 0.4) is 0 Å². The van der Waals surface area contributed by atoms with Crippen LogP contribution in [0.4, 0.5) is 4.39 Å². The fourth-order valence-electron chi connectivity index (χ4n) is 2.44. The van der Waals surface area contributed by atoms with Gasteiger partial charge in [-0.1, -0.05) is 35.9 Å². The molecule has 0 fully saturated rings. The van der Waals surface area contributed by atoms with Gasteiger partial charge in [0.05, 0.1) is 5.02 Å². The number of fused-ring (bicyclic) bond motifs is 1. The summed E-state index contributed by atoms with van der Waals surface area (Å²) < 4.78 is 15.4. The number of hydrogen-bond donors (Lipinski definition) is 1. The molecule has 0 saturated carbocycles. The minimum atomic E-state index is -0.396. The van der Waals surface area contributed by atoms with Gasteiger partial charge in [-0.3, -0.25) is 0 Å². The average Bonchev–Trinajstić information content (AvgIpc) is 2.81. The van der Waals surface area contributed by atoms with Crippen molar-refractivity contribution < 1.29 is 4.39 Å². The molecule has 0 aliphatic carbocycles. The number of hydrogen-bond acceptors (Lipinski definition) is 1. The molecule has 0 aliphatic rings. The molecule has 20 heavy (non-hydrogen) atoms. The molecule has 2 nitrogen and oxygen atoms in total. The lowest BCUT2D eigenvalue weighted by Crippen LogP contribution is -2.08. The van der Waals surface area contributed by atoms with Crippen molar-refractivity contribution in [2.24, 2.45) is 5.73 Å². The number of rotatable bonds is 3. The van der Waals surface area contributed by atoms with Gasteiger partial charge < -0.3 is 10.3 Å². The first-order valence-corrected chi connectivity index (χ1v) is 6.78. The van der Waals surface area contributed by atoms with Crippen molar-refractivity contribution in [3.05, 3.63) is 70.6 Å². The SMILES string of the molecule is NCc1cc2ccccc2n1Cc1ccc(F)c(Cl)c1. The molecule has 3 rings (SSSR count). The van der Waals surface area contributed by atoms with Crippen molar-refractivity contribution >= 4 is 22.5 Å². The Hall–Kier alpha value is -1.84. The normalized spacial score (nSPS) is 11.2. The Morgan fingerprint density at radius 1 is 1.10 bits per heavy atom. The molecule has 1 heterocycles. The van der Waals surface area contributed by atoms with Gasteiger partial charge in [0, 0.05) is 24.3 Å². The third kappa shape index (κ3) is 2.30.